The Morgan fingerprint density at radius 1 is 0.389 bits per heavy atom. The standard InChI is InChI=1S/C63H43N9/c64-35-43-33-51-53(34-44(43)36-65)63(45-29-37-28-38(31-45)32-46(63)30-37)52-23-13-22-47(54(51)52)48-26-27-66-56-50(62-71-59(41-18-9-3-10-19-41)68-60(72-62)42-20-11-4-12-21-42)25-24-49(55(48)56)61-69-57(39-14-5-1-6-15-39)67-58(70-61)40-16-7-2-8-17-40/h1-27,33-34,37-38,45-46H,28-32H2. The van der Waals surface area contributed by atoms with E-state index < -0.39 is 0 Å². The molecule has 10 aromatic rings. The first kappa shape index (κ1) is 41.9. The summed E-state index contributed by atoms with van der Waals surface area (Å²) in [7, 11) is 0. The number of nitrogens with zero attached hydrogens (tertiary/aromatic N) is 9. The first-order chi connectivity index (χ1) is 35.5. The Hall–Kier alpha value is -9.05. The average molecular weight is 926 g/mol. The maximum atomic E-state index is 10.6. The van der Waals surface area contributed by atoms with E-state index in [1.807, 2.05) is 140 Å². The molecule has 9 nitrogen and oxygen atoms in total. The van der Waals surface area contributed by atoms with Gasteiger partial charge in [0, 0.05) is 50.4 Å². The number of hydrogen-bond donors (Lipinski definition) is 0. The van der Waals surface area contributed by atoms with Crippen LogP contribution in [0.5, 0.6) is 0 Å². The molecular weight excluding hydrogens is 883 g/mol. The molecular formula is C63H43N9. The molecule has 5 aliphatic rings. The Morgan fingerprint density at radius 3 is 1.35 bits per heavy atom. The van der Waals surface area contributed by atoms with Crippen molar-refractivity contribution in [3.05, 3.63) is 198 Å². The van der Waals surface area contributed by atoms with E-state index in [0.29, 0.717) is 63.4 Å². The maximum Gasteiger partial charge on any atom is 0.166 e. The van der Waals surface area contributed by atoms with Crippen molar-refractivity contribution in [3.63, 3.8) is 0 Å². The van der Waals surface area contributed by atoms with Crippen LogP contribution in [0, 0.1) is 46.3 Å². The number of hydrogen-bond acceptors (Lipinski definition) is 9. The molecule has 4 saturated carbocycles. The molecule has 72 heavy (non-hydrogen) atoms. The van der Waals surface area contributed by atoms with E-state index in [1.54, 1.807) is 0 Å². The van der Waals surface area contributed by atoms with Gasteiger partial charge in [0.05, 0.1) is 16.6 Å². The number of nitriles is 2. The number of pyridine rings is 1. The average Bonchev–Trinajstić information content (AvgIpc) is 3.73. The third-order valence-electron chi connectivity index (χ3n) is 16.1. The van der Waals surface area contributed by atoms with E-state index in [4.69, 9.17) is 34.9 Å². The van der Waals surface area contributed by atoms with Crippen molar-refractivity contribution in [2.75, 3.05) is 0 Å². The predicted molar refractivity (Wildman–Crippen MR) is 279 cm³/mol. The summed E-state index contributed by atoms with van der Waals surface area (Å²) in [5.74, 6) is 5.53. The number of benzene rings is 7. The van der Waals surface area contributed by atoms with E-state index in [-0.39, 0.29) is 5.41 Å². The Balaban J connectivity index is 1.08. The first-order valence-corrected chi connectivity index (χ1v) is 24.8. The molecule has 0 N–H and O–H groups in total. The van der Waals surface area contributed by atoms with Gasteiger partial charge in [-0.3, -0.25) is 4.98 Å². The lowest BCUT2D eigenvalue weighted by Gasteiger charge is -2.61. The fraction of sp³-hybridized carbons (Fsp3) is 0.159. The summed E-state index contributed by atoms with van der Waals surface area (Å²) in [4.78, 5) is 36.4. The largest absolute Gasteiger partial charge is 0.255 e. The van der Waals surface area contributed by atoms with E-state index in [0.717, 1.165) is 72.9 Å². The lowest BCUT2D eigenvalue weighted by atomic mass is 9.43. The molecule has 1 spiro atoms. The summed E-state index contributed by atoms with van der Waals surface area (Å²) in [6.45, 7) is 0. The lowest BCUT2D eigenvalue weighted by Crippen LogP contribution is -2.55. The highest BCUT2D eigenvalue weighted by Crippen LogP contribution is 2.70. The van der Waals surface area contributed by atoms with E-state index >= 15 is 0 Å². The second-order valence-corrected chi connectivity index (χ2v) is 19.9. The Kier molecular flexibility index (Phi) is 9.62. The minimum Gasteiger partial charge on any atom is -0.255 e. The van der Waals surface area contributed by atoms with Crippen molar-refractivity contribution in [2.45, 2.75) is 37.5 Å². The van der Waals surface area contributed by atoms with Crippen molar-refractivity contribution < 1.29 is 0 Å². The van der Waals surface area contributed by atoms with Crippen LogP contribution in [0.3, 0.4) is 0 Å². The van der Waals surface area contributed by atoms with Crippen LogP contribution < -0.4 is 0 Å². The van der Waals surface area contributed by atoms with Gasteiger partial charge in [0.1, 0.15) is 12.1 Å². The van der Waals surface area contributed by atoms with Crippen LogP contribution in [-0.2, 0) is 5.41 Å². The Labute approximate surface area is 416 Å². The Bertz CT molecular complexity index is 3760. The van der Waals surface area contributed by atoms with Crippen LogP contribution in [0.25, 0.3) is 101 Å². The third-order valence-corrected chi connectivity index (χ3v) is 16.1. The van der Waals surface area contributed by atoms with Crippen LogP contribution >= 0.6 is 0 Å². The highest BCUT2D eigenvalue weighted by molar-refractivity contribution is 6.11. The van der Waals surface area contributed by atoms with Crippen LogP contribution in [0.1, 0.15) is 54.4 Å². The monoisotopic (exact) mass is 925 g/mol. The molecule has 9 heteroatoms. The van der Waals surface area contributed by atoms with Crippen LogP contribution in [-0.4, -0.2) is 34.9 Å². The summed E-state index contributed by atoms with van der Waals surface area (Å²) in [6, 6.07) is 62.0. The molecule has 7 aromatic carbocycles. The van der Waals surface area contributed by atoms with Gasteiger partial charge in [0.25, 0.3) is 0 Å². The first-order valence-electron chi connectivity index (χ1n) is 24.8. The molecule has 340 valence electrons. The molecule has 3 heterocycles. The molecule has 0 unspecified atom stereocenters. The zero-order chi connectivity index (χ0) is 47.9. The highest BCUT2D eigenvalue weighted by Gasteiger charge is 2.62. The fourth-order valence-corrected chi connectivity index (χ4v) is 13.4. The second kappa shape index (κ2) is 16.5. The molecule has 0 radical (unpaired) electrons. The van der Waals surface area contributed by atoms with E-state index in [9.17, 15) is 10.5 Å². The molecule has 15 rings (SSSR count). The summed E-state index contributed by atoms with van der Waals surface area (Å²) < 4.78 is 0. The number of aromatic nitrogens is 7. The van der Waals surface area contributed by atoms with Crippen molar-refractivity contribution in [3.8, 4) is 103 Å². The van der Waals surface area contributed by atoms with Gasteiger partial charge in [-0.1, -0.05) is 140 Å². The lowest BCUT2D eigenvalue weighted by molar-refractivity contribution is -0.0399. The summed E-state index contributed by atoms with van der Waals surface area (Å²) in [5.41, 5.74) is 12.9. The van der Waals surface area contributed by atoms with Crippen LogP contribution in [0.2, 0.25) is 0 Å². The molecule has 0 atom stereocenters. The third kappa shape index (κ3) is 6.47. The molecule has 3 aromatic heterocycles. The highest BCUT2D eigenvalue weighted by atomic mass is 15.0. The maximum absolute atomic E-state index is 10.6. The van der Waals surface area contributed by atoms with Gasteiger partial charge in [0.2, 0.25) is 0 Å². The molecule has 4 bridgehead atoms. The van der Waals surface area contributed by atoms with Crippen molar-refractivity contribution in [2.24, 2.45) is 23.7 Å². The second-order valence-electron chi connectivity index (χ2n) is 19.9. The summed E-state index contributed by atoms with van der Waals surface area (Å²) >= 11 is 0. The fourth-order valence-electron chi connectivity index (χ4n) is 13.4. The van der Waals surface area contributed by atoms with Crippen LogP contribution in [0.15, 0.2) is 176 Å². The minimum absolute atomic E-state index is 0.263. The van der Waals surface area contributed by atoms with Gasteiger partial charge in [-0.25, -0.2) is 29.9 Å². The van der Waals surface area contributed by atoms with Crippen molar-refractivity contribution >= 4 is 10.9 Å². The Morgan fingerprint density at radius 2 is 0.847 bits per heavy atom. The van der Waals surface area contributed by atoms with Crippen molar-refractivity contribution in [1.29, 1.82) is 10.5 Å². The molecule has 0 saturated heterocycles. The zero-order valence-electron chi connectivity index (χ0n) is 39.1. The number of fused-ring (bicyclic) bond motifs is 4. The van der Waals surface area contributed by atoms with Gasteiger partial charge in [0.15, 0.2) is 34.9 Å². The molecule has 4 fully saturated rings. The van der Waals surface area contributed by atoms with E-state index in [2.05, 4.69) is 48.5 Å². The van der Waals surface area contributed by atoms with Crippen molar-refractivity contribution in [1.82, 2.24) is 34.9 Å². The smallest absolute Gasteiger partial charge is 0.166 e. The van der Waals surface area contributed by atoms with E-state index in [1.165, 1.54) is 43.2 Å². The zero-order valence-corrected chi connectivity index (χ0v) is 39.1. The number of rotatable bonds is 7. The SMILES string of the molecule is N#Cc1cc2c(cc1C#N)C1(c3cccc(-c4ccnc5c(-c6nc(-c7ccccc7)nc(-c7ccccc7)n6)ccc(-c6nc(-c7ccccc7)nc(-c7ccccc7)n6)c45)c3-2)C2CC3CC(C2)CC1C3. The minimum atomic E-state index is -0.263. The summed E-state index contributed by atoms with van der Waals surface area (Å²) in [6.07, 6.45) is 7.92. The topological polar surface area (TPSA) is 138 Å². The summed E-state index contributed by atoms with van der Waals surface area (Å²) in [5, 5.41) is 22.0. The molecule has 0 amide bonds. The normalized spacial score (nSPS) is 20.0. The van der Waals surface area contributed by atoms with Gasteiger partial charge in [-0.15, -0.1) is 0 Å². The quantitative estimate of drug-likeness (QED) is 0.153. The van der Waals surface area contributed by atoms with Crippen LogP contribution in [0.4, 0.5) is 0 Å². The molecule has 0 aliphatic heterocycles. The van der Waals surface area contributed by atoms with Gasteiger partial charge >= 0.3 is 0 Å². The van der Waals surface area contributed by atoms with Gasteiger partial charge in [-0.2, -0.15) is 10.5 Å². The van der Waals surface area contributed by atoms with Gasteiger partial charge in [-0.05, 0) is 119 Å². The predicted octanol–water partition coefficient (Wildman–Crippen LogP) is 13.7. The molecule has 5 aliphatic carbocycles. The van der Waals surface area contributed by atoms with Gasteiger partial charge < -0.3 is 0 Å².